The number of carbonyl (C=O) groups excluding carboxylic acids is 1. The molecule has 1 heterocycles. The lowest BCUT2D eigenvalue weighted by Gasteiger charge is -2.36. The number of halogens is 1. The highest BCUT2D eigenvalue weighted by Crippen LogP contribution is 2.21. The summed E-state index contributed by atoms with van der Waals surface area (Å²) in [5.41, 5.74) is 1.50. The number of phenolic OH excluding ortho intramolecular Hbond substituents is 1. The molecular formula is C20H24ClN3O2. The second-order valence-corrected chi connectivity index (χ2v) is 6.87. The van der Waals surface area contributed by atoms with E-state index in [1.165, 1.54) is 17.8 Å². The number of rotatable bonds is 6. The number of para-hydroxylation sites is 1. The molecule has 1 fully saturated rings. The number of piperazine rings is 1. The minimum absolute atomic E-state index is 0.0519. The molecule has 138 valence electrons. The first-order valence-corrected chi connectivity index (χ1v) is 9.30. The summed E-state index contributed by atoms with van der Waals surface area (Å²) in [7, 11) is 0. The monoisotopic (exact) mass is 373 g/mol. The maximum absolute atomic E-state index is 12.1. The predicted molar refractivity (Wildman–Crippen MR) is 105 cm³/mol. The Labute approximate surface area is 159 Å². The van der Waals surface area contributed by atoms with E-state index in [2.05, 4.69) is 39.4 Å². The Morgan fingerprint density at radius 1 is 1.08 bits per heavy atom. The van der Waals surface area contributed by atoms with Crippen LogP contribution in [0.4, 0.5) is 5.69 Å². The molecule has 2 aromatic rings. The Bertz CT molecular complexity index is 731. The number of hydrogen-bond acceptors (Lipinski definition) is 4. The van der Waals surface area contributed by atoms with Gasteiger partial charge in [-0.15, -0.1) is 0 Å². The molecule has 0 atom stereocenters. The molecule has 0 radical (unpaired) electrons. The molecule has 2 aromatic carbocycles. The Morgan fingerprint density at radius 3 is 2.54 bits per heavy atom. The van der Waals surface area contributed by atoms with E-state index in [0.717, 1.165) is 39.1 Å². The van der Waals surface area contributed by atoms with Gasteiger partial charge in [-0.25, -0.2) is 0 Å². The number of nitrogens with zero attached hydrogens (tertiary/aromatic N) is 2. The zero-order valence-corrected chi connectivity index (χ0v) is 15.5. The largest absolute Gasteiger partial charge is 0.507 e. The van der Waals surface area contributed by atoms with Crippen LogP contribution in [0.3, 0.4) is 0 Å². The Hall–Kier alpha value is -2.24. The fourth-order valence-electron chi connectivity index (χ4n) is 3.16. The zero-order valence-electron chi connectivity index (χ0n) is 14.7. The van der Waals surface area contributed by atoms with Gasteiger partial charge >= 0.3 is 0 Å². The van der Waals surface area contributed by atoms with Crippen LogP contribution in [-0.2, 0) is 0 Å². The highest BCUT2D eigenvalue weighted by Gasteiger charge is 2.17. The third-order valence-corrected chi connectivity index (χ3v) is 4.87. The van der Waals surface area contributed by atoms with Crippen molar-refractivity contribution in [2.24, 2.45) is 0 Å². The molecule has 6 heteroatoms. The van der Waals surface area contributed by atoms with Crippen LogP contribution in [-0.4, -0.2) is 55.2 Å². The second-order valence-electron chi connectivity index (χ2n) is 6.44. The summed E-state index contributed by atoms with van der Waals surface area (Å²) < 4.78 is 0. The van der Waals surface area contributed by atoms with Gasteiger partial charge in [0.1, 0.15) is 5.75 Å². The minimum atomic E-state index is -0.293. The summed E-state index contributed by atoms with van der Waals surface area (Å²) in [4.78, 5) is 16.9. The van der Waals surface area contributed by atoms with Crippen molar-refractivity contribution in [2.75, 3.05) is 44.2 Å². The number of phenols is 1. The lowest BCUT2D eigenvalue weighted by molar-refractivity contribution is 0.0949. The van der Waals surface area contributed by atoms with Crippen molar-refractivity contribution in [3.8, 4) is 5.75 Å². The average molecular weight is 374 g/mol. The van der Waals surface area contributed by atoms with Crippen LogP contribution in [0.15, 0.2) is 48.5 Å². The zero-order chi connectivity index (χ0) is 18.4. The molecule has 5 nitrogen and oxygen atoms in total. The summed E-state index contributed by atoms with van der Waals surface area (Å²) in [6.07, 6.45) is 0.873. The molecule has 0 aromatic heterocycles. The number of anilines is 1. The summed E-state index contributed by atoms with van der Waals surface area (Å²) in [5, 5.41) is 13.0. The smallest absolute Gasteiger partial charge is 0.255 e. The van der Waals surface area contributed by atoms with Gasteiger partial charge in [0.2, 0.25) is 0 Å². The lowest BCUT2D eigenvalue weighted by Crippen LogP contribution is -2.47. The van der Waals surface area contributed by atoms with E-state index in [-0.39, 0.29) is 17.2 Å². The third-order valence-electron chi connectivity index (χ3n) is 4.63. The van der Waals surface area contributed by atoms with Crippen LogP contribution in [0.1, 0.15) is 16.8 Å². The van der Waals surface area contributed by atoms with Crippen molar-refractivity contribution in [3.63, 3.8) is 0 Å². The summed E-state index contributed by atoms with van der Waals surface area (Å²) in [6.45, 7) is 5.61. The number of aromatic hydroxyl groups is 1. The minimum Gasteiger partial charge on any atom is -0.507 e. The highest BCUT2D eigenvalue weighted by atomic mass is 35.5. The molecule has 2 N–H and O–H groups in total. The van der Waals surface area contributed by atoms with Gasteiger partial charge in [-0.1, -0.05) is 29.8 Å². The van der Waals surface area contributed by atoms with Gasteiger partial charge in [0.15, 0.2) is 0 Å². The Morgan fingerprint density at radius 2 is 1.81 bits per heavy atom. The van der Waals surface area contributed by atoms with E-state index in [1.54, 1.807) is 6.07 Å². The van der Waals surface area contributed by atoms with Crippen LogP contribution in [0.2, 0.25) is 5.02 Å². The summed E-state index contributed by atoms with van der Waals surface area (Å²) >= 11 is 5.88. The molecule has 26 heavy (non-hydrogen) atoms. The summed E-state index contributed by atoms with van der Waals surface area (Å²) in [5.74, 6) is -0.345. The quantitative estimate of drug-likeness (QED) is 0.764. The van der Waals surface area contributed by atoms with E-state index in [0.29, 0.717) is 11.6 Å². The van der Waals surface area contributed by atoms with E-state index >= 15 is 0 Å². The van der Waals surface area contributed by atoms with Gasteiger partial charge in [-0.2, -0.15) is 0 Å². The molecule has 1 amide bonds. The fraction of sp³-hybridized carbons (Fsp3) is 0.350. The van der Waals surface area contributed by atoms with Crippen LogP contribution < -0.4 is 10.2 Å². The Kier molecular flexibility index (Phi) is 6.36. The van der Waals surface area contributed by atoms with Crippen LogP contribution in [0.5, 0.6) is 5.75 Å². The van der Waals surface area contributed by atoms with E-state index < -0.39 is 0 Å². The first-order chi connectivity index (χ1) is 12.6. The molecule has 0 bridgehead atoms. The summed E-state index contributed by atoms with van der Waals surface area (Å²) in [6, 6.07) is 15.0. The van der Waals surface area contributed by atoms with Crippen molar-refractivity contribution in [3.05, 3.63) is 59.1 Å². The number of hydrogen-bond donors (Lipinski definition) is 2. The first-order valence-electron chi connectivity index (χ1n) is 8.92. The third kappa shape index (κ3) is 4.90. The van der Waals surface area contributed by atoms with Crippen LogP contribution in [0, 0.1) is 0 Å². The van der Waals surface area contributed by atoms with Gasteiger partial charge in [-0.05, 0) is 43.3 Å². The maximum Gasteiger partial charge on any atom is 0.255 e. The predicted octanol–water partition coefficient (Wildman–Crippen LogP) is 2.99. The SMILES string of the molecule is O=C(NCCCN1CCN(c2ccccc2)CC1)c1cc(Cl)ccc1O. The second kappa shape index (κ2) is 8.92. The van der Waals surface area contributed by atoms with Crippen molar-refractivity contribution in [1.29, 1.82) is 0 Å². The van der Waals surface area contributed by atoms with Gasteiger partial charge in [0.05, 0.1) is 5.56 Å². The number of benzene rings is 2. The number of carbonyl (C=O) groups is 1. The van der Waals surface area contributed by atoms with Crippen molar-refractivity contribution < 1.29 is 9.90 Å². The van der Waals surface area contributed by atoms with E-state index in [9.17, 15) is 9.90 Å². The number of amides is 1. The van der Waals surface area contributed by atoms with Gasteiger partial charge in [0, 0.05) is 43.4 Å². The van der Waals surface area contributed by atoms with Crippen molar-refractivity contribution in [2.45, 2.75) is 6.42 Å². The number of nitrogens with one attached hydrogen (secondary N) is 1. The normalized spacial score (nSPS) is 15.0. The van der Waals surface area contributed by atoms with Crippen LogP contribution in [0.25, 0.3) is 0 Å². The van der Waals surface area contributed by atoms with Gasteiger partial charge < -0.3 is 15.3 Å². The topological polar surface area (TPSA) is 55.8 Å². The molecule has 0 spiro atoms. The molecule has 0 aliphatic carbocycles. The molecular weight excluding hydrogens is 350 g/mol. The van der Waals surface area contributed by atoms with Crippen LogP contribution >= 0.6 is 11.6 Å². The van der Waals surface area contributed by atoms with Gasteiger partial charge in [0.25, 0.3) is 5.91 Å². The highest BCUT2D eigenvalue weighted by molar-refractivity contribution is 6.31. The van der Waals surface area contributed by atoms with E-state index in [4.69, 9.17) is 11.6 Å². The molecule has 1 saturated heterocycles. The maximum atomic E-state index is 12.1. The fourth-order valence-corrected chi connectivity index (χ4v) is 3.33. The standard InChI is InChI=1S/C20H24ClN3O2/c21-16-7-8-19(25)18(15-16)20(26)22-9-4-10-23-11-13-24(14-12-23)17-5-2-1-3-6-17/h1-3,5-8,15,25H,4,9-14H2,(H,22,26). The molecule has 1 aliphatic heterocycles. The van der Waals surface area contributed by atoms with Crippen molar-refractivity contribution >= 4 is 23.2 Å². The van der Waals surface area contributed by atoms with Crippen molar-refractivity contribution in [1.82, 2.24) is 10.2 Å². The van der Waals surface area contributed by atoms with E-state index in [1.807, 2.05) is 6.07 Å². The lowest BCUT2D eigenvalue weighted by atomic mass is 10.2. The first kappa shape index (κ1) is 18.5. The molecule has 0 unspecified atom stereocenters. The average Bonchev–Trinajstić information content (AvgIpc) is 2.68. The Balaban J connectivity index is 1.37. The molecule has 1 aliphatic rings. The molecule has 3 rings (SSSR count). The molecule has 0 saturated carbocycles. The van der Waals surface area contributed by atoms with Gasteiger partial charge in [-0.3, -0.25) is 9.69 Å².